The quantitative estimate of drug-likeness (QED) is 0.738. The van der Waals surface area contributed by atoms with Gasteiger partial charge in [-0.1, -0.05) is 12.8 Å². The molecule has 2 rings (SSSR count). The largest absolute Gasteiger partial charge is 0.297 e. The summed E-state index contributed by atoms with van der Waals surface area (Å²) in [5.74, 6) is 0. The van der Waals surface area contributed by atoms with Crippen LogP contribution in [0.4, 0.5) is 0 Å². The van der Waals surface area contributed by atoms with Gasteiger partial charge in [-0.05, 0) is 32.9 Å². The molecule has 0 amide bonds. The molecule has 2 aliphatic heterocycles. The summed E-state index contributed by atoms with van der Waals surface area (Å²) in [6, 6.07) is 0. The first kappa shape index (κ1) is 11.8. The van der Waals surface area contributed by atoms with E-state index in [-0.39, 0.29) is 0 Å². The van der Waals surface area contributed by atoms with Gasteiger partial charge in [0.25, 0.3) is 0 Å². The topological polar surface area (TPSA) is 49.7 Å². The standard InChI is InChI=1S/C11H18N2O2S/c1-10-8-12-11(16(10,14)15)9-13-6-4-2-3-5-7-13/h8H,2-7,9H2,1H3. The average molecular weight is 242 g/mol. The third-order valence-corrected chi connectivity index (χ3v) is 4.99. The zero-order valence-corrected chi connectivity index (χ0v) is 10.5. The SMILES string of the molecule is CC1=CN=C(CN2CCCCCC2)S1(=O)=O. The predicted octanol–water partition coefficient (Wildman–Crippen LogP) is 1.55. The lowest BCUT2D eigenvalue weighted by Gasteiger charge is -2.19. The fourth-order valence-corrected chi connectivity index (χ4v) is 3.21. The molecule has 0 N–H and O–H groups in total. The normalized spacial score (nSPS) is 26.1. The molecule has 90 valence electrons. The highest BCUT2D eigenvalue weighted by molar-refractivity contribution is 8.10. The molecule has 1 fully saturated rings. The molecule has 0 aromatic rings. The van der Waals surface area contributed by atoms with Crippen LogP contribution in [0, 0.1) is 0 Å². The van der Waals surface area contributed by atoms with Gasteiger partial charge in [-0.3, -0.25) is 4.90 Å². The highest BCUT2D eigenvalue weighted by Gasteiger charge is 2.27. The fraction of sp³-hybridized carbons (Fsp3) is 0.727. The molecule has 0 aliphatic carbocycles. The molecular formula is C11H18N2O2S. The van der Waals surface area contributed by atoms with Gasteiger partial charge in [0.1, 0.15) is 0 Å². The summed E-state index contributed by atoms with van der Waals surface area (Å²) in [6.07, 6.45) is 6.31. The van der Waals surface area contributed by atoms with E-state index in [1.807, 2.05) is 0 Å². The van der Waals surface area contributed by atoms with Crippen LogP contribution in [0.3, 0.4) is 0 Å². The summed E-state index contributed by atoms with van der Waals surface area (Å²) in [7, 11) is -3.21. The molecule has 0 atom stereocenters. The predicted molar refractivity (Wildman–Crippen MR) is 65.0 cm³/mol. The molecule has 0 radical (unpaired) electrons. The van der Waals surface area contributed by atoms with E-state index in [0.29, 0.717) is 16.5 Å². The van der Waals surface area contributed by atoms with Crippen LogP contribution in [0.2, 0.25) is 0 Å². The van der Waals surface area contributed by atoms with E-state index in [0.717, 1.165) is 13.1 Å². The van der Waals surface area contributed by atoms with Crippen LogP contribution in [0.5, 0.6) is 0 Å². The Kier molecular flexibility index (Phi) is 3.44. The second-order valence-corrected chi connectivity index (χ2v) is 6.58. The number of allylic oxidation sites excluding steroid dienone is 1. The van der Waals surface area contributed by atoms with Gasteiger partial charge in [0.15, 0.2) is 5.04 Å². The third kappa shape index (κ3) is 2.35. The molecule has 0 saturated carbocycles. The van der Waals surface area contributed by atoms with Crippen LogP contribution in [0.15, 0.2) is 16.1 Å². The van der Waals surface area contributed by atoms with Gasteiger partial charge >= 0.3 is 0 Å². The minimum atomic E-state index is -3.21. The number of aliphatic imine (C=N–C) groups is 1. The van der Waals surface area contributed by atoms with Crippen LogP contribution >= 0.6 is 0 Å². The minimum Gasteiger partial charge on any atom is -0.297 e. The van der Waals surface area contributed by atoms with Crippen molar-refractivity contribution in [1.82, 2.24) is 4.90 Å². The van der Waals surface area contributed by atoms with Gasteiger partial charge in [-0.15, -0.1) is 0 Å². The van der Waals surface area contributed by atoms with Gasteiger partial charge in [0.2, 0.25) is 9.84 Å². The monoisotopic (exact) mass is 242 g/mol. The highest BCUT2D eigenvalue weighted by atomic mass is 32.2. The first-order valence-corrected chi connectivity index (χ1v) is 7.30. The summed E-state index contributed by atoms with van der Waals surface area (Å²) >= 11 is 0. The first-order valence-electron chi connectivity index (χ1n) is 5.81. The molecule has 16 heavy (non-hydrogen) atoms. The highest BCUT2D eigenvalue weighted by Crippen LogP contribution is 2.18. The summed E-state index contributed by atoms with van der Waals surface area (Å²) in [4.78, 5) is 6.60. The van der Waals surface area contributed by atoms with Crippen molar-refractivity contribution in [3.8, 4) is 0 Å². The van der Waals surface area contributed by atoms with Gasteiger partial charge in [-0.2, -0.15) is 0 Å². The number of likely N-dealkylation sites (tertiary alicyclic amines) is 1. The van der Waals surface area contributed by atoms with Crippen molar-refractivity contribution in [1.29, 1.82) is 0 Å². The van der Waals surface area contributed by atoms with Crippen molar-refractivity contribution in [2.75, 3.05) is 19.6 Å². The number of nitrogens with zero attached hydrogens (tertiary/aromatic N) is 2. The Morgan fingerprint density at radius 2 is 1.88 bits per heavy atom. The van der Waals surface area contributed by atoms with Gasteiger partial charge in [-0.25, -0.2) is 13.4 Å². The zero-order valence-electron chi connectivity index (χ0n) is 9.65. The Labute approximate surface area is 97.0 Å². The summed E-state index contributed by atoms with van der Waals surface area (Å²) in [5.41, 5.74) is 0. The van der Waals surface area contributed by atoms with Crippen molar-refractivity contribution in [2.24, 2.45) is 4.99 Å². The van der Waals surface area contributed by atoms with Gasteiger partial charge < -0.3 is 0 Å². The molecule has 0 unspecified atom stereocenters. The van der Waals surface area contributed by atoms with Crippen LogP contribution in [0.25, 0.3) is 0 Å². The molecule has 4 nitrogen and oxygen atoms in total. The van der Waals surface area contributed by atoms with E-state index in [9.17, 15) is 8.42 Å². The van der Waals surface area contributed by atoms with E-state index in [1.54, 1.807) is 6.92 Å². The molecule has 0 bridgehead atoms. The maximum Gasteiger partial charge on any atom is 0.218 e. The van der Waals surface area contributed by atoms with Crippen molar-refractivity contribution >= 4 is 14.9 Å². The number of hydrogen-bond donors (Lipinski definition) is 0. The first-order chi connectivity index (χ1) is 7.60. The summed E-state index contributed by atoms with van der Waals surface area (Å²) in [5, 5.41) is 0.326. The summed E-state index contributed by atoms with van der Waals surface area (Å²) < 4.78 is 23.7. The second kappa shape index (κ2) is 4.67. The van der Waals surface area contributed by atoms with Crippen molar-refractivity contribution in [3.63, 3.8) is 0 Å². The molecule has 1 saturated heterocycles. The minimum absolute atomic E-state index is 0.326. The van der Waals surface area contributed by atoms with E-state index in [1.165, 1.54) is 31.9 Å². The average Bonchev–Trinajstić information content (AvgIpc) is 2.50. The smallest absolute Gasteiger partial charge is 0.218 e. The number of rotatable bonds is 2. The van der Waals surface area contributed by atoms with Crippen molar-refractivity contribution in [3.05, 3.63) is 11.1 Å². The van der Waals surface area contributed by atoms with E-state index < -0.39 is 9.84 Å². The molecule has 5 heteroatoms. The lowest BCUT2D eigenvalue weighted by Crippen LogP contribution is -2.33. The molecule has 2 aliphatic rings. The Morgan fingerprint density at radius 3 is 2.38 bits per heavy atom. The van der Waals surface area contributed by atoms with Crippen LogP contribution in [-0.2, 0) is 9.84 Å². The van der Waals surface area contributed by atoms with Crippen molar-refractivity contribution < 1.29 is 8.42 Å². The van der Waals surface area contributed by atoms with Gasteiger partial charge in [0.05, 0.1) is 11.4 Å². The number of hydrogen-bond acceptors (Lipinski definition) is 4. The van der Waals surface area contributed by atoms with Gasteiger partial charge in [0, 0.05) is 6.20 Å². The van der Waals surface area contributed by atoms with Crippen LogP contribution in [0.1, 0.15) is 32.6 Å². The lowest BCUT2D eigenvalue weighted by atomic mass is 10.2. The van der Waals surface area contributed by atoms with Crippen molar-refractivity contribution in [2.45, 2.75) is 32.6 Å². The molecule has 0 spiro atoms. The van der Waals surface area contributed by atoms with E-state index in [4.69, 9.17) is 0 Å². The Hall–Kier alpha value is -0.680. The van der Waals surface area contributed by atoms with Crippen LogP contribution in [-0.4, -0.2) is 38.0 Å². The number of sulfone groups is 1. The second-order valence-electron chi connectivity index (χ2n) is 4.46. The lowest BCUT2D eigenvalue weighted by molar-refractivity contribution is 0.326. The Morgan fingerprint density at radius 1 is 1.25 bits per heavy atom. The summed E-state index contributed by atoms with van der Waals surface area (Å²) in [6.45, 7) is 4.08. The third-order valence-electron chi connectivity index (χ3n) is 3.18. The zero-order chi connectivity index (χ0) is 11.6. The molecule has 2 heterocycles. The molecular weight excluding hydrogens is 224 g/mol. The maximum atomic E-state index is 11.8. The maximum absolute atomic E-state index is 11.8. The van der Waals surface area contributed by atoms with E-state index >= 15 is 0 Å². The Balaban J connectivity index is 2.01. The molecule has 0 aromatic heterocycles. The van der Waals surface area contributed by atoms with Crippen LogP contribution < -0.4 is 0 Å². The van der Waals surface area contributed by atoms with E-state index in [2.05, 4.69) is 9.89 Å². The Bertz CT molecular complexity index is 415. The molecule has 0 aromatic carbocycles. The fourth-order valence-electron chi connectivity index (χ4n) is 2.10.